The van der Waals surface area contributed by atoms with Crippen LogP contribution in [0.4, 0.5) is 10.9 Å². The second-order valence-corrected chi connectivity index (χ2v) is 12.5. The zero-order valence-electron chi connectivity index (χ0n) is 22.9. The summed E-state index contributed by atoms with van der Waals surface area (Å²) in [6, 6.07) is 9.94. The molecule has 0 atom stereocenters. The number of thiazole rings is 1. The van der Waals surface area contributed by atoms with E-state index in [1.54, 1.807) is 17.1 Å². The maximum atomic E-state index is 13.5. The molecule has 1 saturated heterocycles. The van der Waals surface area contributed by atoms with Crippen molar-refractivity contribution >= 4 is 54.1 Å². The lowest BCUT2D eigenvalue weighted by Crippen LogP contribution is -2.35. The Balaban J connectivity index is 1.54. The average Bonchev–Trinajstić information content (AvgIpc) is 3.33. The molecule has 1 aliphatic heterocycles. The third-order valence-electron chi connectivity index (χ3n) is 6.03. The van der Waals surface area contributed by atoms with Crippen LogP contribution < -0.4 is 10.6 Å². The summed E-state index contributed by atoms with van der Waals surface area (Å²) in [5.74, 6) is 0.266. The van der Waals surface area contributed by atoms with Gasteiger partial charge in [0, 0.05) is 32.4 Å². The highest BCUT2D eigenvalue weighted by atomic mass is 32.2. The van der Waals surface area contributed by atoms with Gasteiger partial charge in [0.2, 0.25) is 0 Å². The van der Waals surface area contributed by atoms with E-state index in [2.05, 4.69) is 30.6 Å². The standard InChI is InChI=1S/C26H35N7O5S2/c1-32(2)12-11-27-22-10-9-21-25(29-22)39-26(28-21)30-24(34)23(31-33-13-16-38-17-14-33)19-5-7-20(8-6-19)40(35,36)18-4-15-37-3/h5-10H,4,11-18H2,1-3H3,(H,27,29)(H,28,30,34). The van der Waals surface area contributed by atoms with Crippen LogP contribution in [0.1, 0.15) is 12.0 Å². The van der Waals surface area contributed by atoms with E-state index in [4.69, 9.17) is 9.47 Å². The van der Waals surface area contributed by atoms with Crippen LogP contribution in [-0.2, 0) is 24.1 Å². The van der Waals surface area contributed by atoms with Gasteiger partial charge in [-0.05, 0) is 44.8 Å². The number of aromatic nitrogens is 2. The number of hydrogen-bond donors (Lipinski definition) is 2. The van der Waals surface area contributed by atoms with Crippen molar-refractivity contribution in [1.29, 1.82) is 0 Å². The number of hydrogen-bond acceptors (Lipinski definition) is 12. The van der Waals surface area contributed by atoms with E-state index in [-0.39, 0.29) is 16.4 Å². The van der Waals surface area contributed by atoms with Gasteiger partial charge in [-0.2, -0.15) is 5.10 Å². The minimum atomic E-state index is -3.47. The van der Waals surface area contributed by atoms with Crippen LogP contribution >= 0.6 is 11.3 Å². The lowest BCUT2D eigenvalue weighted by molar-refractivity contribution is -0.110. The third kappa shape index (κ3) is 8.17. The second-order valence-electron chi connectivity index (χ2n) is 9.43. The molecule has 0 saturated carbocycles. The highest BCUT2D eigenvalue weighted by molar-refractivity contribution is 7.91. The fraction of sp³-hybridized carbons (Fsp3) is 0.462. The number of methoxy groups -OCH3 is 1. The summed E-state index contributed by atoms with van der Waals surface area (Å²) >= 11 is 1.27. The van der Waals surface area contributed by atoms with Gasteiger partial charge < -0.3 is 19.7 Å². The number of carbonyl (C=O) groups excluding carboxylic acids is 1. The van der Waals surface area contributed by atoms with Crippen LogP contribution in [0.15, 0.2) is 46.4 Å². The first-order valence-electron chi connectivity index (χ1n) is 13.0. The SMILES string of the molecule is COCCCS(=O)(=O)c1ccc(C(=NN2CCOCC2)C(=O)Nc2nc3ccc(NCCN(C)C)nc3s2)cc1. The van der Waals surface area contributed by atoms with Gasteiger partial charge in [-0.25, -0.2) is 18.4 Å². The molecule has 14 heteroatoms. The van der Waals surface area contributed by atoms with E-state index in [0.29, 0.717) is 60.4 Å². The molecule has 0 bridgehead atoms. The molecule has 0 radical (unpaired) electrons. The van der Waals surface area contributed by atoms with Crippen molar-refractivity contribution in [2.24, 2.45) is 5.10 Å². The Morgan fingerprint density at radius 2 is 1.90 bits per heavy atom. The quantitative estimate of drug-likeness (QED) is 0.225. The zero-order chi connectivity index (χ0) is 28.5. The smallest absolute Gasteiger partial charge is 0.278 e. The number of amides is 1. The minimum Gasteiger partial charge on any atom is -0.385 e. The molecule has 3 aromatic rings. The summed E-state index contributed by atoms with van der Waals surface area (Å²) in [5.41, 5.74) is 1.32. The van der Waals surface area contributed by atoms with E-state index in [1.165, 1.54) is 30.6 Å². The van der Waals surface area contributed by atoms with Crippen molar-refractivity contribution < 1.29 is 22.7 Å². The number of sulfone groups is 1. The number of carbonyl (C=O) groups is 1. The van der Waals surface area contributed by atoms with Crippen LogP contribution in [0.2, 0.25) is 0 Å². The Bertz CT molecular complexity index is 1420. The van der Waals surface area contributed by atoms with Gasteiger partial charge in [0.25, 0.3) is 5.91 Å². The summed E-state index contributed by atoms with van der Waals surface area (Å²) in [6.07, 6.45) is 0.400. The zero-order valence-corrected chi connectivity index (χ0v) is 24.6. The molecule has 2 aromatic heterocycles. The first-order chi connectivity index (χ1) is 19.2. The van der Waals surface area contributed by atoms with Crippen molar-refractivity contribution in [1.82, 2.24) is 19.9 Å². The normalized spacial score (nSPS) is 14.6. The fourth-order valence-electron chi connectivity index (χ4n) is 3.89. The van der Waals surface area contributed by atoms with E-state index in [1.807, 2.05) is 26.2 Å². The molecular weight excluding hydrogens is 554 g/mol. The topological polar surface area (TPSA) is 138 Å². The average molecular weight is 590 g/mol. The van der Waals surface area contributed by atoms with Gasteiger partial charge in [-0.1, -0.05) is 23.5 Å². The summed E-state index contributed by atoms with van der Waals surface area (Å²) < 4.78 is 35.7. The van der Waals surface area contributed by atoms with Crippen molar-refractivity contribution in [3.05, 3.63) is 42.0 Å². The van der Waals surface area contributed by atoms with Crippen molar-refractivity contribution in [2.45, 2.75) is 11.3 Å². The largest absolute Gasteiger partial charge is 0.385 e. The number of likely N-dealkylation sites (N-methyl/N-ethyl adjacent to an activating group) is 1. The lowest BCUT2D eigenvalue weighted by atomic mass is 10.1. The molecule has 216 valence electrons. The number of rotatable bonds is 13. The molecule has 0 spiro atoms. The van der Waals surface area contributed by atoms with Crippen molar-refractivity contribution in [2.75, 3.05) is 83.6 Å². The van der Waals surface area contributed by atoms with Crippen LogP contribution in [-0.4, -0.2) is 113 Å². The molecule has 3 heterocycles. The van der Waals surface area contributed by atoms with E-state index < -0.39 is 15.7 Å². The second kappa shape index (κ2) is 13.9. The molecule has 1 amide bonds. The monoisotopic (exact) mass is 589 g/mol. The first kappa shape index (κ1) is 29.8. The number of nitrogens with zero attached hydrogens (tertiary/aromatic N) is 5. The maximum Gasteiger partial charge on any atom is 0.278 e. The van der Waals surface area contributed by atoms with E-state index in [0.717, 1.165) is 18.9 Å². The van der Waals surface area contributed by atoms with E-state index >= 15 is 0 Å². The lowest BCUT2D eigenvalue weighted by Gasteiger charge is -2.24. The number of pyridine rings is 1. The summed E-state index contributed by atoms with van der Waals surface area (Å²) in [4.78, 5) is 25.6. The summed E-state index contributed by atoms with van der Waals surface area (Å²) in [5, 5.41) is 12.9. The number of benzene rings is 1. The molecule has 2 N–H and O–H groups in total. The third-order valence-corrected chi connectivity index (χ3v) is 8.73. The van der Waals surface area contributed by atoms with Gasteiger partial charge in [0.05, 0.1) is 37.0 Å². The number of fused-ring (bicyclic) bond motifs is 1. The molecule has 4 rings (SSSR count). The van der Waals surface area contributed by atoms with Crippen molar-refractivity contribution in [3.63, 3.8) is 0 Å². The number of nitrogens with one attached hydrogen (secondary N) is 2. The van der Waals surface area contributed by atoms with Gasteiger partial charge in [0.15, 0.2) is 20.7 Å². The number of anilines is 2. The van der Waals surface area contributed by atoms with Crippen LogP contribution in [0.5, 0.6) is 0 Å². The predicted molar refractivity (Wildman–Crippen MR) is 157 cm³/mol. The molecule has 1 aliphatic rings. The summed E-state index contributed by atoms with van der Waals surface area (Å²) in [7, 11) is 2.08. The first-order valence-corrected chi connectivity index (χ1v) is 15.4. The molecule has 0 aliphatic carbocycles. The Morgan fingerprint density at radius 3 is 2.60 bits per heavy atom. The van der Waals surface area contributed by atoms with Crippen LogP contribution in [0, 0.1) is 0 Å². The van der Waals surface area contributed by atoms with Gasteiger partial charge in [-0.3, -0.25) is 15.1 Å². The van der Waals surface area contributed by atoms with Gasteiger partial charge >= 0.3 is 0 Å². The van der Waals surface area contributed by atoms with Crippen LogP contribution in [0.25, 0.3) is 10.3 Å². The highest BCUT2D eigenvalue weighted by Gasteiger charge is 2.21. The molecule has 0 unspecified atom stereocenters. The fourth-order valence-corrected chi connectivity index (χ4v) is 6.01. The van der Waals surface area contributed by atoms with Gasteiger partial charge in [0.1, 0.15) is 16.2 Å². The Hall–Kier alpha value is -3.17. The Kier molecular flexibility index (Phi) is 10.4. The van der Waals surface area contributed by atoms with Crippen molar-refractivity contribution in [3.8, 4) is 0 Å². The number of morpholine rings is 1. The molecule has 1 fully saturated rings. The molecular formula is C26H35N7O5S2. The molecule has 12 nitrogen and oxygen atoms in total. The van der Waals surface area contributed by atoms with Crippen LogP contribution in [0.3, 0.4) is 0 Å². The van der Waals surface area contributed by atoms with E-state index in [9.17, 15) is 13.2 Å². The van der Waals surface area contributed by atoms with Gasteiger partial charge in [-0.15, -0.1) is 0 Å². The minimum absolute atomic E-state index is 0.0199. The Labute approximate surface area is 238 Å². The maximum absolute atomic E-state index is 13.5. The Morgan fingerprint density at radius 1 is 1.15 bits per heavy atom. The predicted octanol–water partition coefficient (Wildman–Crippen LogP) is 2.15. The highest BCUT2D eigenvalue weighted by Crippen LogP contribution is 2.26. The summed E-state index contributed by atoms with van der Waals surface area (Å²) in [6.45, 7) is 4.08. The number of ether oxygens (including phenoxy) is 2. The number of hydrazone groups is 1. The molecule has 1 aromatic carbocycles. The molecule has 40 heavy (non-hydrogen) atoms.